The topological polar surface area (TPSA) is 85.0 Å². The highest BCUT2D eigenvalue weighted by Crippen LogP contribution is 2.53. The highest BCUT2D eigenvalue weighted by molar-refractivity contribution is 6.31. The van der Waals surface area contributed by atoms with Gasteiger partial charge in [0.15, 0.2) is 0 Å². The van der Waals surface area contributed by atoms with E-state index in [1.54, 1.807) is 25.0 Å². The second kappa shape index (κ2) is 9.54. The van der Waals surface area contributed by atoms with Crippen molar-refractivity contribution < 1.29 is 23.1 Å². The zero-order chi connectivity index (χ0) is 26.5. The molecule has 0 saturated heterocycles. The molecule has 1 aromatic carbocycles. The summed E-state index contributed by atoms with van der Waals surface area (Å²) in [4.78, 5) is 17.6. The van der Waals surface area contributed by atoms with Gasteiger partial charge >= 0.3 is 0 Å². The van der Waals surface area contributed by atoms with Gasteiger partial charge in [0.05, 0.1) is 22.6 Å². The first-order valence-corrected chi connectivity index (χ1v) is 12.3. The predicted octanol–water partition coefficient (Wildman–Crippen LogP) is 4.82. The average Bonchev–Trinajstić information content (AvgIpc) is 3.56. The van der Waals surface area contributed by atoms with Gasteiger partial charge in [-0.25, -0.2) is 18.2 Å². The van der Waals surface area contributed by atoms with Gasteiger partial charge in [-0.2, -0.15) is 5.10 Å². The van der Waals surface area contributed by atoms with Crippen LogP contribution in [0.25, 0.3) is 0 Å². The fourth-order valence-electron chi connectivity index (χ4n) is 5.72. The van der Waals surface area contributed by atoms with Gasteiger partial charge in [-0.15, -0.1) is 0 Å². The number of alkyl halides is 2. The Kier molecular flexibility index (Phi) is 6.54. The van der Waals surface area contributed by atoms with E-state index in [9.17, 15) is 23.1 Å². The third-order valence-electron chi connectivity index (χ3n) is 7.28. The van der Waals surface area contributed by atoms with E-state index in [-0.39, 0.29) is 39.9 Å². The molecule has 2 fully saturated rings. The molecule has 2 atom stereocenters. The van der Waals surface area contributed by atoms with E-state index in [0.29, 0.717) is 29.9 Å². The third-order valence-corrected chi connectivity index (χ3v) is 7.57. The molecule has 2 aliphatic rings. The number of carbonyl (C=O) groups is 1. The van der Waals surface area contributed by atoms with Crippen molar-refractivity contribution in [2.24, 2.45) is 25.9 Å². The fourth-order valence-corrected chi connectivity index (χ4v) is 5.90. The van der Waals surface area contributed by atoms with Gasteiger partial charge in [0.1, 0.15) is 22.8 Å². The van der Waals surface area contributed by atoms with Gasteiger partial charge in [0.2, 0.25) is 0 Å². The Morgan fingerprint density at radius 3 is 2.62 bits per heavy atom. The molecule has 2 aliphatic carbocycles. The number of nitrogens with one attached hydrogen (secondary N) is 1. The van der Waals surface area contributed by atoms with Crippen molar-refractivity contribution >= 4 is 23.2 Å². The lowest BCUT2D eigenvalue weighted by atomic mass is 9.92. The van der Waals surface area contributed by atoms with Crippen LogP contribution in [0.1, 0.15) is 65.5 Å². The summed E-state index contributed by atoms with van der Waals surface area (Å²) in [7, 11) is 3.28. The normalized spacial score (nSPS) is 24.7. The van der Waals surface area contributed by atoms with Crippen molar-refractivity contribution in [1.29, 1.82) is 0 Å². The molecule has 7 nitrogen and oxygen atoms in total. The second-order valence-corrected chi connectivity index (χ2v) is 10.4. The quantitative estimate of drug-likeness (QED) is 0.473. The van der Waals surface area contributed by atoms with Crippen molar-refractivity contribution in [2.75, 3.05) is 5.32 Å². The van der Waals surface area contributed by atoms with Crippen LogP contribution in [0.3, 0.4) is 0 Å². The summed E-state index contributed by atoms with van der Waals surface area (Å²) in [5, 5.41) is 17.5. The Morgan fingerprint density at radius 1 is 1.27 bits per heavy atom. The number of anilines is 1. The molecule has 2 saturated carbocycles. The Labute approximate surface area is 216 Å². The molecule has 2 unspecified atom stereocenters. The van der Waals surface area contributed by atoms with E-state index in [1.807, 2.05) is 0 Å². The van der Waals surface area contributed by atoms with E-state index in [2.05, 4.69) is 27.2 Å². The molecule has 1 amide bonds. The lowest BCUT2D eigenvalue weighted by molar-refractivity contribution is 0.0979. The maximum absolute atomic E-state index is 13.5. The molecule has 0 aliphatic heterocycles. The van der Waals surface area contributed by atoms with Crippen LogP contribution in [0.2, 0.25) is 5.02 Å². The minimum absolute atomic E-state index is 0.0232. The number of nitrogens with zero attached hydrogens (tertiary/aromatic N) is 4. The van der Waals surface area contributed by atoms with Crippen LogP contribution < -0.4 is 5.32 Å². The molecule has 3 aromatic rings. The van der Waals surface area contributed by atoms with Gasteiger partial charge in [0, 0.05) is 31.9 Å². The largest absolute Gasteiger partial charge is 0.378 e. The first-order valence-electron chi connectivity index (χ1n) is 11.9. The maximum atomic E-state index is 13.5. The number of aliphatic hydroxyl groups is 1. The summed E-state index contributed by atoms with van der Waals surface area (Å²) >= 11 is 5.83. The number of aryl methyl sites for hydroxylation is 2. The van der Waals surface area contributed by atoms with E-state index < -0.39 is 17.8 Å². The SMILES string of the molecule is Cn1cc(C#CC2(O)CC3CC(c4ncn(C)c4C(=O)Nc4ccc(F)c(Cl)c4)CC3C2)c(C(F)F)n1. The first-order chi connectivity index (χ1) is 17.5. The molecular weight excluding hydrogens is 507 g/mol. The predicted molar refractivity (Wildman–Crippen MR) is 131 cm³/mol. The lowest BCUT2D eigenvalue weighted by Crippen LogP contribution is -2.24. The Hall–Kier alpha value is -3.29. The van der Waals surface area contributed by atoms with E-state index in [1.165, 1.54) is 29.1 Å². The van der Waals surface area contributed by atoms with Crippen LogP contribution in [0.4, 0.5) is 18.9 Å². The standard InChI is InChI=1S/C26H25ClF3N5O2/c1-34-13-31-21(23(34)25(36)32-18-3-4-20(28)19(27)9-18)15-7-16-10-26(37,11-17(16)8-15)6-5-14-12-35(2)33-22(14)24(29)30/h3-4,9,12-13,15-17,24,37H,7-8,10-11H2,1-2H3,(H,32,36). The Balaban J connectivity index is 1.29. The molecule has 2 heterocycles. The molecule has 11 heteroatoms. The summed E-state index contributed by atoms with van der Waals surface area (Å²) < 4.78 is 42.8. The minimum atomic E-state index is -2.74. The van der Waals surface area contributed by atoms with Gasteiger partial charge in [0.25, 0.3) is 12.3 Å². The molecule has 37 heavy (non-hydrogen) atoms. The lowest BCUT2D eigenvalue weighted by Gasteiger charge is -2.19. The van der Waals surface area contributed by atoms with E-state index >= 15 is 0 Å². The summed E-state index contributed by atoms with van der Waals surface area (Å²) in [6.45, 7) is 0. The summed E-state index contributed by atoms with van der Waals surface area (Å²) in [6, 6.07) is 3.97. The van der Waals surface area contributed by atoms with Crippen molar-refractivity contribution in [3.8, 4) is 11.8 Å². The van der Waals surface area contributed by atoms with Crippen molar-refractivity contribution in [3.63, 3.8) is 0 Å². The number of benzene rings is 1. The smallest absolute Gasteiger partial charge is 0.283 e. The van der Waals surface area contributed by atoms with Crippen LogP contribution in [0.5, 0.6) is 0 Å². The number of carbonyl (C=O) groups excluding carboxylic acids is 1. The number of halogens is 4. The zero-order valence-corrected chi connectivity index (χ0v) is 20.9. The highest BCUT2D eigenvalue weighted by atomic mass is 35.5. The van der Waals surface area contributed by atoms with Gasteiger partial charge < -0.3 is 15.0 Å². The van der Waals surface area contributed by atoms with Gasteiger partial charge in [-0.1, -0.05) is 23.4 Å². The summed E-state index contributed by atoms with van der Waals surface area (Å²) in [6.07, 6.45) is 2.58. The number of hydrogen-bond donors (Lipinski definition) is 2. The molecule has 5 rings (SSSR count). The summed E-state index contributed by atoms with van der Waals surface area (Å²) in [5.74, 6) is 4.97. The van der Waals surface area contributed by atoms with Crippen molar-refractivity contribution in [2.45, 2.75) is 43.6 Å². The van der Waals surface area contributed by atoms with Gasteiger partial charge in [-0.05, 0) is 55.7 Å². The number of imidazole rings is 1. The van der Waals surface area contributed by atoms with Crippen LogP contribution in [-0.2, 0) is 14.1 Å². The van der Waals surface area contributed by atoms with Crippen LogP contribution >= 0.6 is 11.6 Å². The fraction of sp³-hybridized carbons (Fsp3) is 0.423. The number of amides is 1. The first kappa shape index (κ1) is 25.4. The highest BCUT2D eigenvalue weighted by Gasteiger charge is 2.49. The molecule has 0 radical (unpaired) electrons. The molecular formula is C26H25ClF3N5O2. The van der Waals surface area contributed by atoms with Crippen molar-refractivity contribution in [1.82, 2.24) is 19.3 Å². The monoisotopic (exact) mass is 531 g/mol. The molecule has 2 N–H and O–H groups in total. The number of aromatic nitrogens is 4. The molecule has 0 spiro atoms. The van der Waals surface area contributed by atoms with Crippen molar-refractivity contribution in [3.05, 3.63) is 64.2 Å². The van der Waals surface area contributed by atoms with Crippen LogP contribution in [0, 0.1) is 29.5 Å². The van der Waals surface area contributed by atoms with E-state index in [0.717, 1.165) is 12.8 Å². The molecule has 2 aromatic heterocycles. The number of rotatable bonds is 4. The zero-order valence-electron chi connectivity index (χ0n) is 20.2. The average molecular weight is 532 g/mol. The Bertz CT molecular complexity index is 1410. The third kappa shape index (κ3) is 4.98. The number of fused-ring (bicyclic) bond motifs is 1. The maximum Gasteiger partial charge on any atom is 0.283 e. The Morgan fingerprint density at radius 2 is 1.97 bits per heavy atom. The van der Waals surface area contributed by atoms with E-state index in [4.69, 9.17) is 11.6 Å². The van der Waals surface area contributed by atoms with Gasteiger partial charge in [-0.3, -0.25) is 9.48 Å². The molecule has 0 bridgehead atoms. The van der Waals surface area contributed by atoms with Crippen LogP contribution in [0.15, 0.2) is 30.7 Å². The second-order valence-electron chi connectivity index (χ2n) is 9.95. The van der Waals surface area contributed by atoms with Crippen LogP contribution in [-0.4, -0.2) is 35.9 Å². The minimum Gasteiger partial charge on any atom is -0.378 e. The summed E-state index contributed by atoms with van der Waals surface area (Å²) in [5.41, 5.74) is -0.0696. The molecule has 194 valence electrons. The number of hydrogen-bond acceptors (Lipinski definition) is 4.